The molecule has 1 amide bonds. The molecule has 9 nitrogen and oxygen atoms in total. The number of aliphatic hydroxyl groups is 1. The maximum absolute atomic E-state index is 15.5. The molecular formula is C38H32ClF6N7O2. The summed E-state index contributed by atoms with van der Waals surface area (Å²) in [4.78, 5) is 18.7. The minimum Gasteiger partial charge on any atom is -0.378 e. The summed E-state index contributed by atoms with van der Waals surface area (Å²) in [5.41, 5.74) is -1.40. The first-order valence-electron chi connectivity index (χ1n) is 16.8. The largest absolute Gasteiger partial charge is 0.378 e. The summed E-state index contributed by atoms with van der Waals surface area (Å²) in [7, 11) is 3.37. The number of pyridine rings is 1. The molecule has 3 heterocycles. The zero-order valence-electron chi connectivity index (χ0n) is 29.2. The third-order valence-electron chi connectivity index (χ3n) is 9.41. The van der Waals surface area contributed by atoms with Gasteiger partial charge in [-0.25, -0.2) is 22.5 Å². The smallest absolute Gasteiger partial charge is 0.296 e. The summed E-state index contributed by atoms with van der Waals surface area (Å²) in [6.45, 7) is 2.06. The number of anilines is 1. The van der Waals surface area contributed by atoms with Gasteiger partial charge in [0.25, 0.3) is 12.3 Å². The van der Waals surface area contributed by atoms with Crippen molar-refractivity contribution in [3.63, 3.8) is 0 Å². The molecule has 0 aliphatic heterocycles. The maximum atomic E-state index is 15.5. The zero-order valence-corrected chi connectivity index (χ0v) is 29.9. The average Bonchev–Trinajstić information content (AvgIpc) is 3.65. The highest BCUT2D eigenvalue weighted by molar-refractivity contribution is 6.37. The first-order valence-corrected chi connectivity index (χ1v) is 17.1. The van der Waals surface area contributed by atoms with Crippen molar-refractivity contribution in [2.45, 2.75) is 56.7 Å². The zero-order chi connectivity index (χ0) is 38.9. The highest BCUT2D eigenvalue weighted by atomic mass is 35.5. The van der Waals surface area contributed by atoms with Gasteiger partial charge < -0.3 is 15.7 Å². The van der Waals surface area contributed by atoms with Gasteiger partial charge in [-0.1, -0.05) is 35.7 Å². The Balaban J connectivity index is 1.38. The van der Waals surface area contributed by atoms with Gasteiger partial charge in [0, 0.05) is 42.8 Å². The standard InChI is InChI=1S/C38H32ClF6N7O2/c1-37(2,54)12-11-21-5-6-22(23-8-10-26(39)30-33(23)51(4)50-36(30)46-3)31(47-21)27(15-18-13-19(40)16-20(41)14-18)48-28(53)17-52-34-29(32(49-52)35(42)43)24-7-9-25(24)38(34,44)45/h5-10,13-14,16,24-25,27,35,54H,15,17H2,1-4H3,(H,46,50)(H,48,53). The van der Waals surface area contributed by atoms with E-state index in [9.17, 15) is 27.5 Å². The minimum absolute atomic E-state index is 0.104. The number of halogens is 7. The fourth-order valence-corrected chi connectivity index (χ4v) is 7.39. The highest BCUT2D eigenvalue weighted by Crippen LogP contribution is 2.60. The summed E-state index contributed by atoms with van der Waals surface area (Å²) >= 11 is 6.62. The molecule has 2 aliphatic rings. The summed E-state index contributed by atoms with van der Waals surface area (Å²) in [6.07, 6.45) is -0.785. The summed E-state index contributed by atoms with van der Waals surface area (Å²) in [5.74, 6) is -2.61. The van der Waals surface area contributed by atoms with Gasteiger partial charge in [0.1, 0.15) is 40.9 Å². The predicted molar refractivity (Wildman–Crippen MR) is 189 cm³/mol. The van der Waals surface area contributed by atoms with Gasteiger partial charge >= 0.3 is 0 Å². The van der Waals surface area contributed by atoms with Gasteiger partial charge in [0.05, 0.1) is 33.6 Å². The lowest BCUT2D eigenvalue weighted by molar-refractivity contribution is -0.123. The second kappa shape index (κ2) is 13.5. The molecule has 0 saturated heterocycles. The van der Waals surface area contributed by atoms with Gasteiger partial charge in [0.15, 0.2) is 5.82 Å². The molecular weight excluding hydrogens is 736 g/mol. The molecule has 3 aromatic heterocycles. The second-order valence-electron chi connectivity index (χ2n) is 13.7. The van der Waals surface area contributed by atoms with Crippen molar-refractivity contribution in [1.29, 1.82) is 0 Å². The van der Waals surface area contributed by atoms with Crippen LogP contribution in [0.1, 0.15) is 66.1 Å². The van der Waals surface area contributed by atoms with Gasteiger partial charge in [-0.15, -0.1) is 0 Å². The molecule has 0 fully saturated rings. The van der Waals surface area contributed by atoms with Gasteiger partial charge in [-0.3, -0.25) is 14.2 Å². The number of amides is 1. The lowest BCUT2D eigenvalue weighted by atomic mass is 9.81. The first kappa shape index (κ1) is 37.0. The van der Waals surface area contributed by atoms with E-state index >= 15 is 8.78 Å². The predicted octanol–water partition coefficient (Wildman–Crippen LogP) is 7.34. The van der Waals surface area contributed by atoms with Crippen molar-refractivity contribution in [1.82, 2.24) is 29.9 Å². The first-order chi connectivity index (χ1) is 25.5. The Labute approximate surface area is 310 Å². The number of aryl methyl sites for hydroxylation is 1. The molecule has 7 rings (SSSR count). The van der Waals surface area contributed by atoms with Crippen molar-refractivity contribution < 1.29 is 36.2 Å². The number of carbonyl (C=O) groups is 1. The number of nitrogens with zero attached hydrogens (tertiary/aromatic N) is 5. The number of alkyl halides is 4. The van der Waals surface area contributed by atoms with Crippen molar-refractivity contribution in [2.24, 2.45) is 13.0 Å². The van der Waals surface area contributed by atoms with Crippen LogP contribution in [0.5, 0.6) is 0 Å². The number of carbonyl (C=O) groups excluding carboxylic acids is 1. The molecule has 2 aromatic carbocycles. The van der Waals surface area contributed by atoms with Crippen LogP contribution in [0.25, 0.3) is 22.0 Å². The summed E-state index contributed by atoms with van der Waals surface area (Å²) in [6, 6.07) is 8.19. The Morgan fingerprint density at radius 3 is 2.39 bits per heavy atom. The third kappa shape index (κ3) is 6.58. The van der Waals surface area contributed by atoms with Crippen molar-refractivity contribution in [3.05, 3.63) is 105 Å². The minimum atomic E-state index is -3.56. The molecule has 16 heteroatoms. The van der Waals surface area contributed by atoms with E-state index in [1.807, 2.05) is 0 Å². The van der Waals surface area contributed by atoms with Crippen LogP contribution in [0, 0.1) is 29.4 Å². The Hall–Kier alpha value is -5.33. The number of nitrogens with one attached hydrogen (secondary N) is 2. The molecule has 3 N–H and O–H groups in total. The number of rotatable bonds is 9. The number of benzene rings is 2. The quantitative estimate of drug-likeness (QED) is 0.0823. The van der Waals surface area contributed by atoms with E-state index in [-0.39, 0.29) is 28.9 Å². The van der Waals surface area contributed by atoms with Crippen LogP contribution in [0.15, 0.2) is 54.6 Å². The van der Waals surface area contributed by atoms with Crippen LogP contribution in [0.2, 0.25) is 5.02 Å². The molecule has 5 aromatic rings. The summed E-state index contributed by atoms with van der Waals surface area (Å²) < 4.78 is 90.5. The summed E-state index contributed by atoms with van der Waals surface area (Å²) in [5, 5.41) is 25.3. The van der Waals surface area contributed by atoms with Crippen LogP contribution in [-0.4, -0.2) is 48.2 Å². The number of fused-ring (bicyclic) bond motifs is 4. The molecule has 0 spiro atoms. The Morgan fingerprint density at radius 1 is 1.06 bits per heavy atom. The van der Waals surface area contributed by atoms with Gasteiger partial charge in [-0.2, -0.15) is 19.0 Å². The molecule has 3 unspecified atom stereocenters. The molecule has 0 bridgehead atoms. The van der Waals surface area contributed by atoms with E-state index in [2.05, 4.69) is 32.7 Å². The maximum Gasteiger partial charge on any atom is 0.296 e. The average molecular weight is 768 g/mol. The van der Waals surface area contributed by atoms with E-state index in [0.29, 0.717) is 43.6 Å². The Bertz CT molecular complexity index is 2400. The topological polar surface area (TPSA) is 110 Å². The molecule has 280 valence electrons. The second-order valence-corrected chi connectivity index (χ2v) is 14.2. The Kier molecular flexibility index (Phi) is 9.26. The number of hydrogen-bond donors (Lipinski definition) is 3. The fraction of sp³-hybridized carbons (Fsp3) is 0.316. The SMILES string of the molecule is CNc1nn(C)c2c(-c3ccc(C#CC(C)(C)O)nc3C(Cc3cc(F)cc(F)c3)NC(=O)Cn3nc(C(F)F)c4c3C(F)(F)C3C=CC43)ccc(Cl)c12. The van der Waals surface area contributed by atoms with Crippen molar-refractivity contribution >= 4 is 34.2 Å². The molecule has 54 heavy (non-hydrogen) atoms. The highest BCUT2D eigenvalue weighted by Gasteiger charge is 2.60. The van der Waals surface area contributed by atoms with Crippen molar-refractivity contribution in [2.75, 3.05) is 12.4 Å². The number of aromatic nitrogens is 5. The van der Waals surface area contributed by atoms with Crippen LogP contribution in [0.4, 0.5) is 32.2 Å². The van der Waals surface area contributed by atoms with Crippen molar-refractivity contribution in [3.8, 4) is 23.0 Å². The van der Waals surface area contributed by atoms with Crippen LogP contribution in [-0.2, 0) is 30.7 Å². The molecule has 0 radical (unpaired) electrons. The normalized spacial score (nSPS) is 17.5. The third-order valence-corrected chi connectivity index (χ3v) is 9.73. The van der Waals surface area contributed by atoms with E-state index in [0.717, 1.165) is 12.1 Å². The lowest BCUT2D eigenvalue weighted by Crippen LogP contribution is -2.35. The van der Waals surface area contributed by atoms with E-state index in [1.165, 1.54) is 26.0 Å². The van der Waals surface area contributed by atoms with Gasteiger partial charge in [-0.05, 0) is 62.1 Å². The van der Waals surface area contributed by atoms with E-state index in [1.54, 1.807) is 43.0 Å². The van der Waals surface area contributed by atoms with E-state index < -0.39 is 71.3 Å². The number of allylic oxidation sites excluding steroid dienone is 2. The Morgan fingerprint density at radius 2 is 1.76 bits per heavy atom. The monoisotopic (exact) mass is 767 g/mol. The molecule has 3 atom stereocenters. The molecule has 2 aliphatic carbocycles. The van der Waals surface area contributed by atoms with E-state index in [4.69, 9.17) is 16.6 Å². The molecule has 0 saturated carbocycles. The van der Waals surface area contributed by atoms with Crippen LogP contribution >= 0.6 is 11.6 Å². The van der Waals surface area contributed by atoms with Crippen LogP contribution in [0.3, 0.4) is 0 Å². The van der Waals surface area contributed by atoms with Crippen LogP contribution < -0.4 is 10.6 Å². The van der Waals surface area contributed by atoms with Gasteiger partial charge in [0.2, 0.25) is 5.91 Å². The fourth-order valence-electron chi connectivity index (χ4n) is 7.15. The lowest BCUT2D eigenvalue weighted by Gasteiger charge is -2.27. The number of hydrogen-bond acceptors (Lipinski definition) is 6.